The number of anilines is 2. The monoisotopic (exact) mass is 434 g/mol. The van der Waals surface area contributed by atoms with Crippen molar-refractivity contribution in [2.75, 3.05) is 36.5 Å². The highest BCUT2D eigenvalue weighted by molar-refractivity contribution is 7.13. The van der Waals surface area contributed by atoms with Crippen LogP contribution < -0.4 is 10.2 Å². The number of amides is 1. The van der Waals surface area contributed by atoms with E-state index in [0.29, 0.717) is 37.0 Å². The molecule has 2 aromatic heterocycles. The van der Waals surface area contributed by atoms with E-state index < -0.39 is 17.6 Å². The van der Waals surface area contributed by atoms with Gasteiger partial charge in [0.1, 0.15) is 10.7 Å². The van der Waals surface area contributed by atoms with Crippen LogP contribution in [0.1, 0.15) is 16.1 Å². The lowest BCUT2D eigenvalue weighted by Gasteiger charge is -2.31. The number of hydrogen-bond donors (Lipinski definition) is 1. The molecule has 0 unspecified atom stereocenters. The van der Waals surface area contributed by atoms with Crippen molar-refractivity contribution < 1.29 is 22.7 Å². The number of rotatable bonds is 4. The summed E-state index contributed by atoms with van der Waals surface area (Å²) in [4.78, 5) is 23.0. The Morgan fingerprint density at radius 1 is 1.20 bits per heavy atom. The SMILES string of the molecule is O=C(Nc1cc(C(F)(F)F)ccc1N1CCOCC1)c1csc(-c2cccnc2)n1. The molecular formula is C20H17F3N4O2S. The molecule has 0 radical (unpaired) electrons. The highest BCUT2D eigenvalue weighted by atomic mass is 32.1. The first kappa shape index (κ1) is 20.3. The van der Waals surface area contributed by atoms with Crippen LogP contribution in [0.3, 0.4) is 0 Å². The maximum absolute atomic E-state index is 13.2. The molecule has 156 valence electrons. The quantitative estimate of drug-likeness (QED) is 0.663. The van der Waals surface area contributed by atoms with Crippen molar-refractivity contribution in [3.8, 4) is 10.6 Å². The summed E-state index contributed by atoms with van der Waals surface area (Å²) in [6.45, 7) is 1.98. The second-order valence-electron chi connectivity index (χ2n) is 6.56. The second kappa shape index (κ2) is 8.41. The molecule has 4 rings (SSSR count). The van der Waals surface area contributed by atoms with Gasteiger partial charge in [0.2, 0.25) is 0 Å². The minimum absolute atomic E-state index is 0.0904. The number of thiazole rings is 1. The Bertz CT molecular complexity index is 1030. The number of alkyl halides is 3. The van der Waals surface area contributed by atoms with E-state index in [9.17, 15) is 18.0 Å². The molecule has 0 bridgehead atoms. The Kier molecular flexibility index (Phi) is 5.69. The molecule has 3 heterocycles. The van der Waals surface area contributed by atoms with Gasteiger partial charge < -0.3 is 15.0 Å². The fourth-order valence-corrected chi connectivity index (χ4v) is 3.87. The van der Waals surface area contributed by atoms with Gasteiger partial charge in [0.05, 0.1) is 30.2 Å². The normalized spacial score (nSPS) is 14.6. The average molecular weight is 434 g/mol. The van der Waals surface area contributed by atoms with Crippen LogP contribution in [0.25, 0.3) is 10.6 Å². The Morgan fingerprint density at radius 2 is 2.00 bits per heavy atom. The van der Waals surface area contributed by atoms with Crippen LogP contribution in [0, 0.1) is 0 Å². The summed E-state index contributed by atoms with van der Waals surface area (Å²) >= 11 is 1.26. The van der Waals surface area contributed by atoms with Gasteiger partial charge in [-0.25, -0.2) is 4.98 Å². The predicted octanol–water partition coefficient (Wildman–Crippen LogP) is 4.31. The zero-order chi connectivity index (χ0) is 21.1. The number of nitrogens with one attached hydrogen (secondary N) is 1. The van der Waals surface area contributed by atoms with Crippen LogP contribution in [0.4, 0.5) is 24.5 Å². The van der Waals surface area contributed by atoms with Crippen LogP contribution in [-0.4, -0.2) is 42.2 Å². The van der Waals surface area contributed by atoms with Crippen molar-refractivity contribution in [2.45, 2.75) is 6.18 Å². The van der Waals surface area contributed by atoms with E-state index >= 15 is 0 Å². The fraction of sp³-hybridized carbons (Fsp3) is 0.250. The molecule has 6 nitrogen and oxygen atoms in total. The Balaban J connectivity index is 1.62. The summed E-state index contributed by atoms with van der Waals surface area (Å²) in [5.74, 6) is -0.574. The van der Waals surface area contributed by atoms with Gasteiger partial charge in [-0.1, -0.05) is 0 Å². The largest absolute Gasteiger partial charge is 0.416 e. The van der Waals surface area contributed by atoms with Gasteiger partial charge in [0.15, 0.2) is 0 Å². The molecule has 1 aliphatic rings. The van der Waals surface area contributed by atoms with Gasteiger partial charge >= 0.3 is 6.18 Å². The number of morpholine rings is 1. The molecule has 1 aromatic carbocycles. The minimum Gasteiger partial charge on any atom is -0.378 e. The van der Waals surface area contributed by atoms with E-state index in [1.54, 1.807) is 23.8 Å². The highest BCUT2D eigenvalue weighted by Gasteiger charge is 2.32. The summed E-state index contributed by atoms with van der Waals surface area (Å²) in [6.07, 6.45) is -1.26. The average Bonchev–Trinajstić information content (AvgIpc) is 3.25. The number of carbonyl (C=O) groups excluding carboxylic acids is 1. The van der Waals surface area contributed by atoms with Gasteiger partial charge in [-0.3, -0.25) is 9.78 Å². The van der Waals surface area contributed by atoms with E-state index in [2.05, 4.69) is 15.3 Å². The summed E-state index contributed by atoms with van der Waals surface area (Å²) in [5, 5.41) is 4.78. The number of benzene rings is 1. The van der Waals surface area contributed by atoms with E-state index in [1.165, 1.54) is 17.4 Å². The standard InChI is InChI=1S/C20H17F3N4O2S/c21-20(22,23)14-3-4-17(27-6-8-29-9-7-27)15(10-14)25-18(28)16-12-30-19(26-16)13-2-1-5-24-11-13/h1-5,10-12H,6-9H2,(H,25,28). The maximum Gasteiger partial charge on any atom is 0.416 e. The van der Waals surface area contributed by atoms with Gasteiger partial charge in [-0.15, -0.1) is 11.3 Å². The molecule has 1 aliphatic heterocycles. The summed E-state index contributed by atoms with van der Waals surface area (Å²) in [6, 6.07) is 6.93. The van der Waals surface area contributed by atoms with E-state index in [0.717, 1.165) is 17.7 Å². The van der Waals surface area contributed by atoms with Gasteiger partial charge in [-0.05, 0) is 30.3 Å². The topological polar surface area (TPSA) is 67.4 Å². The van der Waals surface area contributed by atoms with Crippen LogP contribution in [0.5, 0.6) is 0 Å². The number of carbonyl (C=O) groups is 1. The Hall–Kier alpha value is -2.98. The van der Waals surface area contributed by atoms with Crippen molar-refractivity contribution in [3.63, 3.8) is 0 Å². The number of nitrogens with zero attached hydrogens (tertiary/aromatic N) is 3. The first-order valence-electron chi connectivity index (χ1n) is 9.13. The zero-order valence-electron chi connectivity index (χ0n) is 15.6. The number of halogens is 3. The Labute approximate surface area is 174 Å². The predicted molar refractivity (Wildman–Crippen MR) is 108 cm³/mol. The second-order valence-corrected chi connectivity index (χ2v) is 7.42. The maximum atomic E-state index is 13.2. The van der Waals surface area contributed by atoms with Crippen LogP contribution in [0.15, 0.2) is 48.1 Å². The molecule has 1 saturated heterocycles. The van der Waals surface area contributed by atoms with Crippen molar-refractivity contribution in [1.82, 2.24) is 9.97 Å². The molecule has 1 fully saturated rings. The minimum atomic E-state index is -4.52. The summed E-state index contributed by atoms with van der Waals surface area (Å²) in [5.41, 5.74) is 0.665. The van der Waals surface area contributed by atoms with Crippen molar-refractivity contribution in [1.29, 1.82) is 0 Å². The molecule has 1 amide bonds. The van der Waals surface area contributed by atoms with Gasteiger partial charge in [0, 0.05) is 36.4 Å². The third kappa shape index (κ3) is 4.44. The molecular weight excluding hydrogens is 417 g/mol. The van der Waals surface area contributed by atoms with Crippen molar-refractivity contribution in [3.05, 3.63) is 59.4 Å². The summed E-state index contributed by atoms with van der Waals surface area (Å²) in [7, 11) is 0. The van der Waals surface area contributed by atoms with Crippen molar-refractivity contribution >= 4 is 28.6 Å². The molecule has 1 N–H and O–H groups in total. The third-order valence-electron chi connectivity index (χ3n) is 4.57. The molecule has 0 aliphatic carbocycles. The van der Waals surface area contributed by atoms with Crippen LogP contribution >= 0.6 is 11.3 Å². The van der Waals surface area contributed by atoms with Gasteiger partial charge in [-0.2, -0.15) is 13.2 Å². The number of hydrogen-bond acceptors (Lipinski definition) is 6. The first-order chi connectivity index (χ1) is 14.4. The summed E-state index contributed by atoms with van der Waals surface area (Å²) < 4.78 is 45.0. The lowest BCUT2D eigenvalue weighted by Crippen LogP contribution is -2.36. The molecule has 3 aromatic rings. The van der Waals surface area contributed by atoms with Crippen LogP contribution in [-0.2, 0) is 10.9 Å². The molecule has 0 spiro atoms. The highest BCUT2D eigenvalue weighted by Crippen LogP contribution is 2.36. The number of pyridine rings is 1. The van der Waals surface area contributed by atoms with E-state index in [1.807, 2.05) is 11.0 Å². The zero-order valence-corrected chi connectivity index (χ0v) is 16.5. The smallest absolute Gasteiger partial charge is 0.378 e. The lowest BCUT2D eigenvalue weighted by molar-refractivity contribution is -0.137. The molecule has 0 saturated carbocycles. The van der Waals surface area contributed by atoms with Crippen LogP contribution in [0.2, 0.25) is 0 Å². The van der Waals surface area contributed by atoms with E-state index in [-0.39, 0.29) is 11.4 Å². The first-order valence-corrected chi connectivity index (χ1v) is 10.0. The van der Waals surface area contributed by atoms with E-state index in [4.69, 9.17) is 4.74 Å². The lowest BCUT2D eigenvalue weighted by atomic mass is 10.1. The van der Waals surface area contributed by atoms with Crippen molar-refractivity contribution in [2.24, 2.45) is 0 Å². The molecule has 30 heavy (non-hydrogen) atoms. The number of aromatic nitrogens is 2. The van der Waals surface area contributed by atoms with Gasteiger partial charge in [0.25, 0.3) is 5.91 Å². The third-order valence-corrected chi connectivity index (χ3v) is 5.46. The molecule has 10 heteroatoms. The fourth-order valence-electron chi connectivity index (χ4n) is 3.08. The number of ether oxygens (including phenoxy) is 1. The molecule has 0 atom stereocenters. The Morgan fingerprint density at radius 3 is 2.70 bits per heavy atom.